The van der Waals surface area contributed by atoms with Gasteiger partial charge in [-0.25, -0.2) is 4.79 Å². The molecule has 28 heavy (non-hydrogen) atoms. The van der Waals surface area contributed by atoms with Gasteiger partial charge in [0, 0.05) is 46.9 Å². The maximum Gasteiger partial charge on any atom is 0.326 e. The van der Waals surface area contributed by atoms with Crippen molar-refractivity contribution in [3.8, 4) is 0 Å². The summed E-state index contributed by atoms with van der Waals surface area (Å²) in [6, 6.07) is 9.42. The molecular formula is C20H21Cl2N3O3. The van der Waals surface area contributed by atoms with Crippen LogP contribution < -0.4 is 15.5 Å². The molecule has 0 saturated heterocycles. The normalized spacial score (nSPS) is 18.1. The highest BCUT2D eigenvalue weighted by atomic mass is 35.5. The number of carbonyl (C=O) groups is 2. The summed E-state index contributed by atoms with van der Waals surface area (Å²) in [7, 11) is 1.86. The average molecular weight is 422 g/mol. The Morgan fingerprint density at radius 2 is 1.93 bits per heavy atom. The lowest BCUT2D eigenvalue weighted by Gasteiger charge is -2.38. The molecule has 3 rings (SSSR count). The number of hydrogen-bond acceptors (Lipinski definition) is 4. The Morgan fingerprint density at radius 1 is 1.25 bits per heavy atom. The van der Waals surface area contributed by atoms with Gasteiger partial charge >= 0.3 is 5.97 Å². The molecule has 148 valence electrons. The molecule has 0 radical (unpaired) electrons. The average Bonchev–Trinajstić information content (AvgIpc) is 2.62. The lowest BCUT2D eigenvalue weighted by atomic mass is 9.91. The smallest absolute Gasteiger partial charge is 0.326 e. The summed E-state index contributed by atoms with van der Waals surface area (Å²) in [5.74, 6) is -1.20. The molecule has 2 atom stereocenters. The van der Waals surface area contributed by atoms with Crippen molar-refractivity contribution in [2.24, 2.45) is 0 Å². The van der Waals surface area contributed by atoms with Gasteiger partial charge in [-0.1, -0.05) is 35.3 Å². The van der Waals surface area contributed by atoms with Crippen molar-refractivity contribution in [3.05, 3.63) is 57.6 Å². The van der Waals surface area contributed by atoms with Gasteiger partial charge < -0.3 is 20.6 Å². The number of carbonyl (C=O) groups excluding carboxylic acids is 1. The Balaban J connectivity index is 2.09. The maximum atomic E-state index is 12.6. The van der Waals surface area contributed by atoms with Crippen LogP contribution >= 0.6 is 23.2 Å². The van der Waals surface area contributed by atoms with Crippen molar-refractivity contribution in [2.75, 3.05) is 17.3 Å². The van der Waals surface area contributed by atoms with Gasteiger partial charge in [0.1, 0.15) is 6.04 Å². The summed E-state index contributed by atoms with van der Waals surface area (Å²) in [4.78, 5) is 25.9. The van der Waals surface area contributed by atoms with E-state index in [2.05, 4.69) is 10.6 Å². The number of hydrogen-bond donors (Lipinski definition) is 3. The van der Waals surface area contributed by atoms with E-state index in [0.717, 1.165) is 5.56 Å². The lowest BCUT2D eigenvalue weighted by molar-refractivity contribution is -0.138. The highest BCUT2D eigenvalue weighted by molar-refractivity contribution is 6.35. The summed E-state index contributed by atoms with van der Waals surface area (Å²) in [5, 5.41) is 16.4. The van der Waals surface area contributed by atoms with Crippen molar-refractivity contribution in [2.45, 2.75) is 32.0 Å². The third-order valence-corrected chi connectivity index (χ3v) is 5.29. The Kier molecular flexibility index (Phi) is 6.13. The molecule has 0 spiro atoms. The molecule has 0 unspecified atom stereocenters. The van der Waals surface area contributed by atoms with Gasteiger partial charge in [0.2, 0.25) is 5.91 Å². The molecule has 0 bridgehead atoms. The minimum atomic E-state index is -1.00. The Bertz CT molecular complexity index is 902. The van der Waals surface area contributed by atoms with Crippen LogP contribution in [-0.2, 0) is 16.1 Å². The fraction of sp³-hybridized carbons (Fsp3) is 0.300. The zero-order valence-corrected chi connectivity index (χ0v) is 17.0. The molecule has 1 aliphatic heterocycles. The number of anilines is 2. The van der Waals surface area contributed by atoms with E-state index in [9.17, 15) is 14.7 Å². The van der Waals surface area contributed by atoms with Gasteiger partial charge in [0.15, 0.2) is 0 Å². The van der Waals surface area contributed by atoms with Gasteiger partial charge in [0.05, 0.1) is 6.04 Å². The molecule has 1 aliphatic rings. The van der Waals surface area contributed by atoms with Crippen LogP contribution in [0.5, 0.6) is 0 Å². The fourth-order valence-corrected chi connectivity index (χ4v) is 4.21. The number of nitrogens with zero attached hydrogens (tertiary/aromatic N) is 1. The van der Waals surface area contributed by atoms with E-state index < -0.39 is 18.1 Å². The van der Waals surface area contributed by atoms with Crippen LogP contribution in [-0.4, -0.2) is 30.1 Å². The zero-order valence-electron chi connectivity index (χ0n) is 15.5. The van der Waals surface area contributed by atoms with Crippen LogP contribution in [0, 0.1) is 0 Å². The number of benzene rings is 2. The van der Waals surface area contributed by atoms with Crippen LogP contribution in [0.15, 0.2) is 36.4 Å². The molecule has 6 nitrogen and oxygen atoms in total. The molecule has 8 heteroatoms. The Morgan fingerprint density at radius 3 is 2.50 bits per heavy atom. The van der Waals surface area contributed by atoms with Crippen molar-refractivity contribution in [1.29, 1.82) is 0 Å². The van der Waals surface area contributed by atoms with Crippen LogP contribution in [0.3, 0.4) is 0 Å². The second-order valence-electron chi connectivity index (χ2n) is 6.72. The van der Waals surface area contributed by atoms with E-state index in [1.165, 1.54) is 6.92 Å². The predicted octanol–water partition coefficient (Wildman–Crippen LogP) is 4.08. The van der Waals surface area contributed by atoms with Crippen LogP contribution in [0.25, 0.3) is 0 Å². The second kappa shape index (κ2) is 8.39. The number of carboxylic acid groups (broad SMARTS) is 1. The van der Waals surface area contributed by atoms with E-state index in [1.54, 1.807) is 17.0 Å². The van der Waals surface area contributed by atoms with Crippen molar-refractivity contribution in [1.82, 2.24) is 5.32 Å². The third kappa shape index (κ3) is 4.09. The first-order chi connectivity index (χ1) is 13.3. The first-order valence-electron chi connectivity index (χ1n) is 8.83. The van der Waals surface area contributed by atoms with Gasteiger partial charge in [-0.2, -0.15) is 0 Å². The molecule has 1 amide bonds. The zero-order chi connectivity index (χ0) is 20.4. The third-order valence-electron chi connectivity index (χ3n) is 4.76. The molecule has 0 fully saturated rings. The molecule has 3 N–H and O–H groups in total. The topological polar surface area (TPSA) is 81.7 Å². The maximum absolute atomic E-state index is 12.6. The van der Waals surface area contributed by atoms with Gasteiger partial charge in [-0.15, -0.1) is 0 Å². The van der Waals surface area contributed by atoms with E-state index in [4.69, 9.17) is 23.2 Å². The van der Waals surface area contributed by atoms with Gasteiger partial charge in [0.25, 0.3) is 0 Å². The molecule has 0 aliphatic carbocycles. The standard InChI is InChI=1S/C20H21Cl2N3O3/c1-11(26)25(14-5-3-12(4-6-14)10-23-2)18-9-17(20(27)28)24-16-8-13(21)7-15(22)19(16)18/h3-8,17-18,23-24H,9-10H2,1-2H3,(H,27,28)/t17-,18+/m0/s1. The molecule has 1 heterocycles. The Hall–Kier alpha value is -2.28. The summed E-state index contributed by atoms with van der Waals surface area (Å²) >= 11 is 12.6. The molecule has 0 aromatic heterocycles. The first-order valence-corrected chi connectivity index (χ1v) is 9.59. The van der Waals surface area contributed by atoms with E-state index >= 15 is 0 Å². The summed E-state index contributed by atoms with van der Waals surface area (Å²) in [5.41, 5.74) is 2.95. The SMILES string of the molecule is CNCc1ccc(N(C(C)=O)[C@@H]2C[C@@H](C(=O)O)Nc3cc(Cl)cc(Cl)c32)cc1. The number of rotatable bonds is 5. The molecule has 0 saturated carbocycles. The predicted molar refractivity (Wildman–Crippen MR) is 111 cm³/mol. The molecule has 2 aromatic carbocycles. The Labute approximate surface area is 173 Å². The quantitative estimate of drug-likeness (QED) is 0.677. The van der Waals surface area contributed by atoms with Crippen molar-refractivity contribution in [3.63, 3.8) is 0 Å². The minimum absolute atomic E-state index is 0.182. The van der Waals surface area contributed by atoms with Crippen molar-refractivity contribution < 1.29 is 14.7 Å². The van der Waals surface area contributed by atoms with E-state index in [0.29, 0.717) is 33.5 Å². The van der Waals surface area contributed by atoms with Crippen molar-refractivity contribution >= 4 is 46.5 Å². The van der Waals surface area contributed by atoms with Gasteiger partial charge in [-0.05, 0) is 36.9 Å². The van der Waals surface area contributed by atoms with Gasteiger partial charge in [-0.3, -0.25) is 4.79 Å². The van der Waals surface area contributed by atoms with E-state index in [1.807, 2.05) is 31.3 Å². The van der Waals surface area contributed by atoms with Crippen LogP contribution in [0.1, 0.15) is 30.5 Å². The molecule has 2 aromatic rings. The minimum Gasteiger partial charge on any atom is -0.480 e. The molecular weight excluding hydrogens is 401 g/mol. The summed E-state index contributed by atoms with van der Waals surface area (Å²) in [6.45, 7) is 2.17. The number of nitrogens with one attached hydrogen (secondary N) is 2. The highest BCUT2D eigenvalue weighted by Gasteiger charge is 2.37. The lowest BCUT2D eigenvalue weighted by Crippen LogP contribution is -2.43. The first kappa shape index (κ1) is 20.5. The summed E-state index contributed by atoms with van der Waals surface area (Å²) < 4.78 is 0. The number of carboxylic acids is 1. The van der Waals surface area contributed by atoms with Crippen LogP contribution in [0.4, 0.5) is 11.4 Å². The van der Waals surface area contributed by atoms with Crippen LogP contribution in [0.2, 0.25) is 10.0 Å². The largest absolute Gasteiger partial charge is 0.480 e. The second-order valence-corrected chi connectivity index (χ2v) is 7.56. The van der Waals surface area contributed by atoms with E-state index in [-0.39, 0.29) is 12.3 Å². The number of aliphatic carboxylic acids is 1. The number of fused-ring (bicyclic) bond motifs is 1. The number of halogens is 2. The fourth-order valence-electron chi connectivity index (χ4n) is 3.59. The monoisotopic (exact) mass is 421 g/mol. The highest BCUT2D eigenvalue weighted by Crippen LogP contribution is 2.44. The number of amides is 1. The summed E-state index contributed by atoms with van der Waals surface area (Å²) in [6.07, 6.45) is 0.182.